The van der Waals surface area contributed by atoms with Crippen molar-refractivity contribution in [3.63, 3.8) is 0 Å². The van der Waals surface area contributed by atoms with E-state index in [9.17, 15) is 9.18 Å². The fourth-order valence-electron chi connectivity index (χ4n) is 4.40. The van der Waals surface area contributed by atoms with Gasteiger partial charge < -0.3 is 20.3 Å². The number of nitrogens with one attached hydrogen (secondary N) is 2. The lowest BCUT2D eigenvalue weighted by molar-refractivity contribution is -0.111. The van der Waals surface area contributed by atoms with Crippen LogP contribution in [0.1, 0.15) is 18.4 Å². The van der Waals surface area contributed by atoms with E-state index in [1.165, 1.54) is 23.5 Å². The molecule has 0 aliphatic carbocycles. The second kappa shape index (κ2) is 11.1. The maximum absolute atomic E-state index is 15.0. The molecule has 0 unspecified atom stereocenters. The van der Waals surface area contributed by atoms with Gasteiger partial charge >= 0.3 is 0 Å². The molecule has 2 aromatic heterocycles. The number of hydrogen-bond donors (Lipinski definition) is 2. The number of carbonyl (C=O) groups is 1. The summed E-state index contributed by atoms with van der Waals surface area (Å²) in [7, 11) is 2.13. The van der Waals surface area contributed by atoms with E-state index in [0.29, 0.717) is 40.4 Å². The van der Waals surface area contributed by atoms with Crippen LogP contribution in [0.5, 0.6) is 11.6 Å². The Balaban J connectivity index is 1.33. The second-order valence-electron chi connectivity index (χ2n) is 9.19. The zero-order chi connectivity index (χ0) is 25.8. The standard InChI is InChI=1S/C28H28FN5O2S/c1-3-25(35)30-20-5-4-6-22(16-20)36-27-26-24(11-14-37-26)32-28(33-27)31-21-8-7-19(23(29)17-21)15-18-9-12-34(2)13-10-18/h3-8,11,14,16-18H,1,9-10,12-13,15H2,2H3,(H,30,35)(H,31,32,33). The minimum Gasteiger partial charge on any atom is -0.437 e. The van der Waals surface area contributed by atoms with Crippen molar-refractivity contribution in [3.8, 4) is 11.6 Å². The number of benzene rings is 2. The molecular weight excluding hydrogens is 489 g/mol. The molecule has 0 radical (unpaired) electrons. The SMILES string of the molecule is C=CC(=O)Nc1cccc(Oc2nc(Nc3ccc(CC4CCN(C)CC4)c(F)c3)nc3ccsc23)c1. The monoisotopic (exact) mass is 517 g/mol. The Bertz CT molecular complexity index is 1430. The molecule has 0 atom stereocenters. The maximum atomic E-state index is 15.0. The topological polar surface area (TPSA) is 79.4 Å². The number of nitrogens with zero attached hydrogens (tertiary/aromatic N) is 3. The van der Waals surface area contributed by atoms with E-state index in [2.05, 4.69) is 39.1 Å². The highest BCUT2D eigenvalue weighted by Crippen LogP contribution is 2.34. The Morgan fingerprint density at radius 2 is 2.03 bits per heavy atom. The Morgan fingerprint density at radius 3 is 2.81 bits per heavy atom. The average Bonchev–Trinajstić information content (AvgIpc) is 3.36. The normalized spacial score (nSPS) is 14.4. The van der Waals surface area contributed by atoms with Gasteiger partial charge in [0.2, 0.25) is 17.7 Å². The molecule has 2 aromatic carbocycles. The van der Waals surface area contributed by atoms with E-state index in [1.807, 2.05) is 23.6 Å². The summed E-state index contributed by atoms with van der Waals surface area (Å²) in [4.78, 5) is 23.1. The predicted octanol–water partition coefficient (Wildman–Crippen LogP) is 6.38. The third kappa shape index (κ3) is 6.12. The van der Waals surface area contributed by atoms with Crippen molar-refractivity contribution in [1.29, 1.82) is 0 Å². The number of ether oxygens (including phenoxy) is 1. The Labute approximate surface area is 219 Å². The quantitative estimate of drug-likeness (QED) is 0.264. The summed E-state index contributed by atoms with van der Waals surface area (Å²) in [5.41, 5.74) is 2.60. The smallest absolute Gasteiger partial charge is 0.247 e. The molecule has 1 fully saturated rings. The first-order chi connectivity index (χ1) is 18.0. The summed E-state index contributed by atoms with van der Waals surface area (Å²) in [6.45, 7) is 5.59. The van der Waals surface area contributed by atoms with Crippen LogP contribution in [-0.4, -0.2) is 40.9 Å². The second-order valence-corrected chi connectivity index (χ2v) is 10.1. The molecule has 1 aliphatic rings. The predicted molar refractivity (Wildman–Crippen MR) is 146 cm³/mol. The number of thiophene rings is 1. The summed E-state index contributed by atoms with van der Waals surface area (Å²) in [5, 5.41) is 7.75. The third-order valence-corrected chi connectivity index (χ3v) is 7.32. The highest BCUT2D eigenvalue weighted by Gasteiger charge is 2.19. The van der Waals surface area contributed by atoms with E-state index < -0.39 is 0 Å². The van der Waals surface area contributed by atoms with Crippen molar-refractivity contribution in [2.24, 2.45) is 5.92 Å². The number of amides is 1. The fraction of sp³-hybridized carbons (Fsp3) is 0.250. The zero-order valence-corrected chi connectivity index (χ0v) is 21.4. The Kier molecular flexibility index (Phi) is 7.43. The summed E-state index contributed by atoms with van der Waals surface area (Å²) >= 11 is 1.46. The van der Waals surface area contributed by atoms with Gasteiger partial charge in [0, 0.05) is 17.4 Å². The van der Waals surface area contributed by atoms with Crippen LogP contribution >= 0.6 is 11.3 Å². The Morgan fingerprint density at radius 1 is 1.19 bits per heavy atom. The van der Waals surface area contributed by atoms with Crippen LogP contribution in [0.2, 0.25) is 0 Å². The summed E-state index contributed by atoms with van der Waals surface area (Å²) in [6.07, 6.45) is 4.14. The minimum atomic E-state index is -0.309. The molecule has 1 saturated heterocycles. The number of likely N-dealkylation sites (tertiary alicyclic amines) is 1. The lowest BCUT2D eigenvalue weighted by atomic mass is 9.90. The summed E-state index contributed by atoms with van der Waals surface area (Å²) < 4.78 is 21.8. The van der Waals surface area contributed by atoms with Crippen LogP contribution < -0.4 is 15.4 Å². The molecule has 190 valence electrons. The van der Waals surface area contributed by atoms with Gasteiger partial charge in [0.25, 0.3) is 0 Å². The molecule has 1 amide bonds. The molecule has 37 heavy (non-hydrogen) atoms. The van der Waals surface area contributed by atoms with Crippen LogP contribution in [0, 0.1) is 11.7 Å². The van der Waals surface area contributed by atoms with Gasteiger partial charge in [0.1, 0.15) is 16.3 Å². The van der Waals surface area contributed by atoms with Crippen LogP contribution in [0.4, 0.5) is 21.7 Å². The molecule has 5 rings (SSSR count). The first-order valence-corrected chi connectivity index (χ1v) is 13.1. The molecule has 0 saturated carbocycles. The van der Waals surface area contributed by atoms with Gasteiger partial charge in [-0.05, 0) is 92.7 Å². The van der Waals surface area contributed by atoms with E-state index >= 15 is 0 Å². The van der Waals surface area contributed by atoms with Gasteiger partial charge in [0.15, 0.2) is 0 Å². The van der Waals surface area contributed by atoms with Crippen molar-refractivity contribution in [2.75, 3.05) is 30.8 Å². The fourth-order valence-corrected chi connectivity index (χ4v) is 5.16. The van der Waals surface area contributed by atoms with Gasteiger partial charge in [0.05, 0.1) is 5.52 Å². The number of rotatable bonds is 8. The molecular formula is C28H28FN5O2S. The molecule has 1 aliphatic heterocycles. The van der Waals surface area contributed by atoms with E-state index in [1.54, 1.807) is 24.3 Å². The van der Waals surface area contributed by atoms with Crippen LogP contribution in [0.25, 0.3) is 10.2 Å². The van der Waals surface area contributed by atoms with Gasteiger partial charge in [-0.1, -0.05) is 18.7 Å². The Hall–Kier alpha value is -3.82. The first kappa shape index (κ1) is 24.9. The minimum absolute atomic E-state index is 0.226. The van der Waals surface area contributed by atoms with Crippen molar-refractivity contribution in [3.05, 3.63) is 77.9 Å². The number of piperidine rings is 1. The lowest BCUT2D eigenvalue weighted by Gasteiger charge is -2.29. The molecule has 7 nitrogen and oxygen atoms in total. The van der Waals surface area contributed by atoms with Gasteiger partial charge in [-0.25, -0.2) is 9.37 Å². The third-order valence-electron chi connectivity index (χ3n) is 6.43. The summed E-state index contributed by atoms with van der Waals surface area (Å²) in [5.74, 6) is 1.16. The van der Waals surface area contributed by atoms with Gasteiger partial charge in [-0.3, -0.25) is 4.79 Å². The number of carbonyl (C=O) groups excluding carboxylic acids is 1. The molecule has 2 N–H and O–H groups in total. The molecule has 4 aromatic rings. The summed E-state index contributed by atoms with van der Waals surface area (Å²) in [6, 6.07) is 14.1. The van der Waals surface area contributed by atoms with E-state index in [0.717, 1.165) is 42.6 Å². The van der Waals surface area contributed by atoms with Gasteiger partial charge in [-0.2, -0.15) is 4.98 Å². The van der Waals surface area contributed by atoms with E-state index in [-0.39, 0.29) is 11.7 Å². The van der Waals surface area contributed by atoms with Crippen molar-refractivity contribution < 1.29 is 13.9 Å². The zero-order valence-electron chi connectivity index (χ0n) is 20.5. The number of fused-ring (bicyclic) bond motifs is 1. The number of anilines is 3. The van der Waals surface area contributed by atoms with Crippen LogP contribution in [0.3, 0.4) is 0 Å². The molecule has 9 heteroatoms. The highest BCUT2D eigenvalue weighted by atomic mass is 32.1. The largest absolute Gasteiger partial charge is 0.437 e. The molecule has 0 spiro atoms. The van der Waals surface area contributed by atoms with Crippen LogP contribution in [-0.2, 0) is 11.2 Å². The molecule has 0 bridgehead atoms. The number of halogens is 1. The molecule has 3 heterocycles. The van der Waals surface area contributed by atoms with Crippen molar-refractivity contribution in [2.45, 2.75) is 19.3 Å². The average molecular weight is 518 g/mol. The number of hydrogen-bond acceptors (Lipinski definition) is 7. The van der Waals surface area contributed by atoms with Crippen molar-refractivity contribution >= 4 is 44.8 Å². The van der Waals surface area contributed by atoms with Crippen molar-refractivity contribution in [1.82, 2.24) is 14.9 Å². The van der Waals surface area contributed by atoms with E-state index in [4.69, 9.17) is 4.74 Å². The maximum Gasteiger partial charge on any atom is 0.247 e. The first-order valence-electron chi connectivity index (χ1n) is 12.2. The van der Waals surface area contributed by atoms with Gasteiger partial charge in [-0.15, -0.1) is 11.3 Å². The lowest BCUT2D eigenvalue weighted by Crippen LogP contribution is -2.31. The number of aromatic nitrogens is 2. The van der Waals surface area contributed by atoms with Crippen LogP contribution in [0.15, 0.2) is 66.6 Å². The highest BCUT2D eigenvalue weighted by molar-refractivity contribution is 7.17.